The second kappa shape index (κ2) is 67.3. The normalized spacial score (nSPS) is 13.3. The summed E-state index contributed by atoms with van der Waals surface area (Å²) in [5, 5.41) is 0. The van der Waals surface area contributed by atoms with Gasteiger partial charge in [0.15, 0.2) is 6.10 Å². The third-order valence-corrected chi connectivity index (χ3v) is 13.2. The van der Waals surface area contributed by atoms with E-state index in [0.717, 1.165) is 141 Å². The van der Waals surface area contributed by atoms with E-state index in [0.29, 0.717) is 19.3 Å². The first-order valence-electron chi connectivity index (χ1n) is 32.6. The van der Waals surface area contributed by atoms with Gasteiger partial charge in [-0.3, -0.25) is 14.4 Å². The third kappa shape index (κ3) is 65.5. The van der Waals surface area contributed by atoms with Gasteiger partial charge in [0.2, 0.25) is 0 Å². The minimum atomic E-state index is -0.825. The molecule has 6 heteroatoms. The predicted octanol–water partition coefficient (Wildman–Crippen LogP) is 22.7. The zero-order valence-electron chi connectivity index (χ0n) is 52.0. The van der Waals surface area contributed by atoms with Crippen molar-refractivity contribution in [1.29, 1.82) is 0 Å². The summed E-state index contributed by atoms with van der Waals surface area (Å²) in [6, 6.07) is 0. The summed E-state index contributed by atoms with van der Waals surface area (Å²) in [4.78, 5) is 38.3. The van der Waals surface area contributed by atoms with Crippen LogP contribution in [0.2, 0.25) is 0 Å². The van der Waals surface area contributed by atoms with Crippen molar-refractivity contribution >= 4 is 17.9 Å². The maximum atomic E-state index is 12.9. The molecule has 0 bridgehead atoms. The number of allylic oxidation sites excluding steroid dienone is 28. The van der Waals surface area contributed by atoms with Crippen LogP contribution in [-0.4, -0.2) is 37.2 Å². The number of ether oxygens (including phenoxy) is 3. The number of carbonyl (C=O) groups excluding carboxylic acids is 3. The first-order chi connectivity index (χ1) is 40.0. The molecule has 0 aromatic heterocycles. The molecule has 1 unspecified atom stereocenters. The van der Waals surface area contributed by atoms with Crippen molar-refractivity contribution in [3.8, 4) is 0 Å². The summed E-state index contributed by atoms with van der Waals surface area (Å²) in [7, 11) is 0. The van der Waals surface area contributed by atoms with Gasteiger partial charge >= 0.3 is 17.9 Å². The molecule has 1 atom stereocenters. The van der Waals surface area contributed by atoms with E-state index < -0.39 is 6.10 Å². The standard InChI is InChI=1S/C75H118O6/c1-4-7-10-13-16-19-22-25-27-29-31-32-33-34-35-36-37-38-39-40-41-42-44-45-47-50-53-56-59-62-65-68-74(77)80-71-72(70-79-73(76)67-64-61-58-55-52-49-24-21-18-15-12-9-6-3)81-75(78)69-66-63-60-57-54-51-48-46-43-30-28-26-23-20-17-14-11-8-5-2/h7-12,16-21,25-28,31-32,34-35,37-38,43,46,49,52,58,61,72H,4-6,13-15,22-24,29-30,33,36,39-42,44-45,47-48,50-51,53-57,59-60,62-71H2,1-3H3/b10-7-,11-8-,12-9-,19-16-,20-17-,21-18-,27-25-,28-26-,32-31-,35-34-,38-37-,46-43-,52-49-,61-58-. The van der Waals surface area contributed by atoms with Crippen molar-refractivity contribution < 1.29 is 28.6 Å². The first kappa shape index (κ1) is 75.8. The highest BCUT2D eigenvalue weighted by Gasteiger charge is 2.19. The van der Waals surface area contributed by atoms with Crippen molar-refractivity contribution in [2.45, 2.75) is 271 Å². The molecular weight excluding hydrogens is 997 g/mol. The van der Waals surface area contributed by atoms with E-state index in [-0.39, 0.29) is 37.5 Å². The van der Waals surface area contributed by atoms with Crippen LogP contribution in [-0.2, 0) is 28.6 Å². The van der Waals surface area contributed by atoms with E-state index in [1.165, 1.54) is 77.0 Å². The van der Waals surface area contributed by atoms with E-state index >= 15 is 0 Å². The van der Waals surface area contributed by atoms with Gasteiger partial charge in [-0.15, -0.1) is 0 Å². The summed E-state index contributed by atoms with van der Waals surface area (Å²) < 4.78 is 16.8. The molecule has 6 nitrogen and oxygen atoms in total. The lowest BCUT2D eigenvalue weighted by atomic mass is 10.0. The van der Waals surface area contributed by atoms with Gasteiger partial charge in [0, 0.05) is 19.3 Å². The largest absolute Gasteiger partial charge is 0.462 e. The van der Waals surface area contributed by atoms with E-state index in [1.54, 1.807) is 0 Å². The van der Waals surface area contributed by atoms with Crippen LogP contribution in [0.4, 0.5) is 0 Å². The zero-order chi connectivity index (χ0) is 58.5. The molecule has 0 N–H and O–H groups in total. The Morgan fingerprint density at radius 1 is 0.247 bits per heavy atom. The highest BCUT2D eigenvalue weighted by molar-refractivity contribution is 5.71. The topological polar surface area (TPSA) is 78.9 Å². The van der Waals surface area contributed by atoms with Crippen LogP contribution >= 0.6 is 0 Å². The molecule has 0 radical (unpaired) electrons. The Hall–Kier alpha value is -5.23. The molecule has 0 rings (SSSR count). The van der Waals surface area contributed by atoms with E-state index in [2.05, 4.69) is 185 Å². The fourth-order valence-electron chi connectivity index (χ4n) is 8.45. The summed E-state index contributed by atoms with van der Waals surface area (Å²) in [5.74, 6) is -1.02. The molecule has 0 aliphatic carbocycles. The molecule has 0 aromatic carbocycles. The van der Waals surface area contributed by atoms with Gasteiger partial charge in [-0.25, -0.2) is 0 Å². The van der Waals surface area contributed by atoms with Gasteiger partial charge in [-0.2, -0.15) is 0 Å². The second-order valence-corrected chi connectivity index (χ2v) is 20.9. The van der Waals surface area contributed by atoms with Gasteiger partial charge in [0.05, 0.1) is 0 Å². The molecule has 454 valence electrons. The molecule has 0 amide bonds. The summed E-state index contributed by atoms with van der Waals surface area (Å²) in [6.07, 6.45) is 99.5. The molecule has 0 aliphatic rings. The lowest BCUT2D eigenvalue weighted by Gasteiger charge is -2.18. The molecule has 81 heavy (non-hydrogen) atoms. The Morgan fingerprint density at radius 2 is 0.469 bits per heavy atom. The van der Waals surface area contributed by atoms with Gasteiger partial charge in [-0.05, 0) is 135 Å². The maximum absolute atomic E-state index is 12.9. The Labute approximate surface area is 498 Å². The predicted molar refractivity (Wildman–Crippen MR) is 352 cm³/mol. The van der Waals surface area contributed by atoms with Gasteiger partial charge in [-0.1, -0.05) is 281 Å². The first-order valence-corrected chi connectivity index (χ1v) is 32.6. The Kier molecular flexibility index (Phi) is 62.9. The summed E-state index contributed by atoms with van der Waals surface area (Å²) in [6.45, 7) is 6.22. The minimum Gasteiger partial charge on any atom is -0.462 e. The minimum absolute atomic E-state index is 0.114. The molecular formula is C75H118O6. The van der Waals surface area contributed by atoms with Crippen molar-refractivity contribution in [3.05, 3.63) is 170 Å². The van der Waals surface area contributed by atoms with Crippen LogP contribution in [0.5, 0.6) is 0 Å². The monoisotopic (exact) mass is 1110 g/mol. The van der Waals surface area contributed by atoms with Crippen LogP contribution in [0, 0.1) is 0 Å². The number of hydrogen-bond donors (Lipinski definition) is 0. The second-order valence-electron chi connectivity index (χ2n) is 20.9. The third-order valence-electron chi connectivity index (χ3n) is 13.2. The quantitative estimate of drug-likeness (QED) is 0.0261. The van der Waals surface area contributed by atoms with Crippen molar-refractivity contribution in [2.24, 2.45) is 0 Å². The Balaban J connectivity index is 4.35. The molecule has 0 saturated heterocycles. The zero-order valence-corrected chi connectivity index (χ0v) is 52.0. The smallest absolute Gasteiger partial charge is 0.306 e. The van der Waals surface area contributed by atoms with Crippen LogP contribution in [0.15, 0.2) is 170 Å². The number of hydrogen-bond acceptors (Lipinski definition) is 6. The summed E-state index contributed by atoms with van der Waals surface area (Å²) >= 11 is 0. The van der Waals surface area contributed by atoms with Crippen LogP contribution < -0.4 is 0 Å². The van der Waals surface area contributed by atoms with Crippen LogP contribution in [0.3, 0.4) is 0 Å². The fourth-order valence-corrected chi connectivity index (χ4v) is 8.45. The lowest BCUT2D eigenvalue weighted by molar-refractivity contribution is -0.166. The Bertz CT molecular complexity index is 1860. The number of esters is 3. The lowest BCUT2D eigenvalue weighted by Crippen LogP contribution is -2.30. The average molecular weight is 1120 g/mol. The van der Waals surface area contributed by atoms with Gasteiger partial charge < -0.3 is 14.2 Å². The Morgan fingerprint density at radius 3 is 0.765 bits per heavy atom. The van der Waals surface area contributed by atoms with Crippen molar-refractivity contribution in [2.75, 3.05) is 13.2 Å². The molecule has 0 fully saturated rings. The number of carbonyl (C=O) groups is 3. The highest BCUT2D eigenvalue weighted by Crippen LogP contribution is 2.15. The maximum Gasteiger partial charge on any atom is 0.306 e. The van der Waals surface area contributed by atoms with Gasteiger partial charge in [0.25, 0.3) is 0 Å². The highest BCUT2D eigenvalue weighted by atomic mass is 16.6. The number of unbranched alkanes of at least 4 members (excludes halogenated alkanes) is 18. The van der Waals surface area contributed by atoms with E-state index in [4.69, 9.17) is 14.2 Å². The fraction of sp³-hybridized carbons (Fsp3) is 0.587. The summed E-state index contributed by atoms with van der Waals surface area (Å²) in [5.41, 5.74) is 0. The molecule has 0 spiro atoms. The van der Waals surface area contributed by atoms with E-state index in [1.807, 2.05) is 6.08 Å². The van der Waals surface area contributed by atoms with E-state index in [9.17, 15) is 14.4 Å². The molecule has 0 aromatic rings. The van der Waals surface area contributed by atoms with Crippen molar-refractivity contribution in [3.63, 3.8) is 0 Å². The molecule has 0 heterocycles. The van der Waals surface area contributed by atoms with Crippen molar-refractivity contribution in [1.82, 2.24) is 0 Å². The molecule has 0 saturated carbocycles. The average Bonchev–Trinajstić information content (AvgIpc) is 3.46. The molecule has 0 aliphatic heterocycles. The SMILES string of the molecule is CC/C=C\C/C=C\C/C=C\C/C=C\C/C=C\C/C=C\CCCCCCCCCCCCCCC(=O)OCC(COC(=O)CC/C=C\C/C=C\C/C=C\C/C=C\CC)OC(=O)CCCCCCCC/C=C\C/C=C\C/C=C\C/C=C\CC. The van der Waals surface area contributed by atoms with Crippen LogP contribution in [0.1, 0.15) is 265 Å². The van der Waals surface area contributed by atoms with Gasteiger partial charge in [0.1, 0.15) is 13.2 Å². The number of rotatable bonds is 57. The van der Waals surface area contributed by atoms with Crippen LogP contribution in [0.25, 0.3) is 0 Å².